The Morgan fingerprint density at radius 3 is 2.59 bits per heavy atom. The second kappa shape index (κ2) is 10.6. The van der Waals surface area contributed by atoms with Crippen molar-refractivity contribution in [1.29, 1.82) is 0 Å². The third-order valence-electron chi connectivity index (χ3n) is 5.25. The van der Waals surface area contributed by atoms with Crippen LogP contribution in [-0.2, 0) is 17.6 Å². The normalized spacial score (nSPS) is 10.6. The van der Waals surface area contributed by atoms with Crippen LogP contribution in [0.3, 0.4) is 0 Å². The van der Waals surface area contributed by atoms with E-state index in [0.29, 0.717) is 46.0 Å². The first-order valence-electron chi connectivity index (χ1n) is 11.0. The van der Waals surface area contributed by atoms with Gasteiger partial charge in [-0.15, -0.1) is 0 Å². The minimum atomic E-state index is -0.505. The van der Waals surface area contributed by atoms with Gasteiger partial charge in [0.1, 0.15) is 28.8 Å². The van der Waals surface area contributed by atoms with Gasteiger partial charge in [0.2, 0.25) is 5.69 Å². The van der Waals surface area contributed by atoms with Gasteiger partial charge in [-0.25, -0.2) is 9.24 Å². The number of hydrogen-bond donors (Lipinski definition) is 0. The number of pyridine rings is 1. The number of nitrogens with zero attached hydrogens (tertiary/aromatic N) is 2. The van der Waals surface area contributed by atoms with E-state index in [0.717, 1.165) is 12.0 Å². The van der Waals surface area contributed by atoms with Gasteiger partial charge in [0, 0.05) is 30.5 Å². The number of fused-ring (bicyclic) bond motifs is 1. The van der Waals surface area contributed by atoms with Crippen LogP contribution in [0.2, 0.25) is 0 Å². The largest absolute Gasteiger partial charge is 0.505 e. The smallest absolute Gasteiger partial charge is 0.229 e. The molecule has 0 radical (unpaired) electrons. The number of carbonyl (C=O) groups excluding carboxylic acids is 1. The lowest BCUT2D eigenvalue weighted by Gasteiger charge is -2.12. The highest BCUT2D eigenvalue weighted by molar-refractivity contribution is 5.91. The molecule has 1 heterocycles. The van der Waals surface area contributed by atoms with E-state index in [4.69, 9.17) is 16.0 Å². The molecule has 0 spiro atoms. The van der Waals surface area contributed by atoms with E-state index in [-0.39, 0.29) is 18.6 Å². The number of hydrogen-bond acceptors (Lipinski definition) is 4. The average molecular weight is 455 g/mol. The molecule has 4 rings (SSSR count). The summed E-state index contributed by atoms with van der Waals surface area (Å²) in [5.41, 5.74) is 2.19. The van der Waals surface area contributed by atoms with Gasteiger partial charge in [-0.05, 0) is 41.8 Å². The lowest BCUT2D eigenvalue weighted by molar-refractivity contribution is -0.117. The summed E-state index contributed by atoms with van der Waals surface area (Å²) in [6.45, 7) is 9.97. The highest BCUT2D eigenvalue weighted by Crippen LogP contribution is 2.37. The van der Waals surface area contributed by atoms with Crippen LogP contribution in [0, 0.1) is 12.4 Å². The topological polar surface area (TPSA) is 52.8 Å². The van der Waals surface area contributed by atoms with E-state index in [2.05, 4.69) is 9.83 Å². The van der Waals surface area contributed by atoms with Crippen molar-refractivity contribution in [2.45, 2.75) is 26.2 Å². The summed E-state index contributed by atoms with van der Waals surface area (Å²) in [6.07, 6.45) is 2.68. The minimum Gasteiger partial charge on any atom is -0.505 e. The van der Waals surface area contributed by atoms with E-state index in [1.54, 1.807) is 36.5 Å². The van der Waals surface area contributed by atoms with Crippen molar-refractivity contribution in [1.82, 2.24) is 4.98 Å². The summed E-state index contributed by atoms with van der Waals surface area (Å²) in [4.78, 5) is 20.3. The molecule has 0 unspecified atom stereocenters. The monoisotopic (exact) mass is 454 g/mol. The molecule has 3 aromatic carbocycles. The fraction of sp³-hybridized carbons (Fsp3) is 0.179. The summed E-state index contributed by atoms with van der Waals surface area (Å²) in [7, 11) is 0. The van der Waals surface area contributed by atoms with Gasteiger partial charge >= 0.3 is 0 Å². The molecule has 0 N–H and O–H groups in total. The third-order valence-corrected chi connectivity index (χ3v) is 5.25. The van der Waals surface area contributed by atoms with E-state index in [9.17, 15) is 9.18 Å². The van der Waals surface area contributed by atoms with Crippen molar-refractivity contribution in [2.24, 2.45) is 0 Å². The minimum absolute atomic E-state index is 0.00803. The number of Topliss-reactive ketones (excluding diaryl/α,β-unsaturated/α-hetero) is 1. The first-order valence-corrected chi connectivity index (χ1v) is 11.0. The van der Waals surface area contributed by atoms with Crippen LogP contribution in [-0.4, -0.2) is 17.4 Å². The predicted octanol–water partition coefficient (Wildman–Crippen LogP) is 6.86. The number of carbonyl (C=O) groups is 1. The van der Waals surface area contributed by atoms with Gasteiger partial charge in [-0.1, -0.05) is 43.3 Å². The molecule has 0 saturated heterocycles. The summed E-state index contributed by atoms with van der Waals surface area (Å²) in [5, 5.41) is 0.625. The standard InChI is InChI=1S/C28H23FN2O3/c1-3-13-33-28-18-25-23(17-26(28)30-2)27(11-12-31-25)34-22-10-9-20(24(29)16-22)15-21(32)14-19-7-5-4-6-8-19/h4-12,16-18H,3,13-15H2,1H3. The van der Waals surface area contributed by atoms with Gasteiger partial charge < -0.3 is 9.47 Å². The zero-order valence-electron chi connectivity index (χ0n) is 18.8. The lowest BCUT2D eigenvalue weighted by atomic mass is 10.0. The summed E-state index contributed by atoms with van der Waals surface area (Å²) >= 11 is 0. The molecule has 0 aliphatic carbocycles. The van der Waals surface area contributed by atoms with Crippen LogP contribution in [0.25, 0.3) is 15.7 Å². The quantitative estimate of drug-likeness (QED) is 0.259. The highest BCUT2D eigenvalue weighted by atomic mass is 19.1. The van der Waals surface area contributed by atoms with Crippen molar-refractivity contribution in [3.05, 3.63) is 101 Å². The fourth-order valence-corrected chi connectivity index (χ4v) is 3.60. The summed E-state index contributed by atoms with van der Waals surface area (Å²) in [6, 6.07) is 18.9. The van der Waals surface area contributed by atoms with Gasteiger partial charge in [0.05, 0.1) is 18.7 Å². The molecule has 170 valence electrons. The number of ether oxygens (including phenoxy) is 2. The number of rotatable bonds is 9. The SMILES string of the molecule is [C-]#[N+]c1cc2c(Oc3ccc(CC(=O)Cc4ccccc4)c(F)c3)ccnc2cc1OCCC. The van der Waals surface area contributed by atoms with Crippen molar-refractivity contribution in [3.63, 3.8) is 0 Å². The first-order chi connectivity index (χ1) is 16.6. The predicted molar refractivity (Wildman–Crippen MR) is 129 cm³/mol. The second-order valence-electron chi connectivity index (χ2n) is 7.84. The average Bonchev–Trinajstić information content (AvgIpc) is 2.84. The van der Waals surface area contributed by atoms with Crippen molar-refractivity contribution in [2.75, 3.05) is 6.61 Å². The van der Waals surface area contributed by atoms with Crippen molar-refractivity contribution >= 4 is 22.4 Å². The van der Waals surface area contributed by atoms with Crippen LogP contribution in [0.5, 0.6) is 17.2 Å². The molecule has 0 bridgehead atoms. The molecule has 34 heavy (non-hydrogen) atoms. The molecule has 6 heteroatoms. The maximum Gasteiger partial charge on any atom is 0.229 e. The van der Waals surface area contributed by atoms with Crippen LogP contribution in [0.15, 0.2) is 72.9 Å². The molecule has 0 aliphatic heterocycles. The number of halogens is 1. The molecule has 0 aliphatic rings. The Bertz CT molecular complexity index is 1360. The van der Waals surface area contributed by atoms with Gasteiger partial charge in [-0.3, -0.25) is 9.78 Å². The number of aromatic nitrogens is 1. The van der Waals surface area contributed by atoms with Gasteiger partial charge in [0.25, 0.3) is 0 Å². The second-order valence-corrected chi connectivity index (χ2v) is 7.84. The van der Waals surface area contributed by atoms with Crippen molar-refractivity contribution < 1.29 is 18.7 Å². The summed E-state index contributed by atoms with van der Waals surface area (Å²) < 4.78 is 26.4. The van der Waals surface area contributed by atoms with E-state index >= 15 is 0 Å². The molecule has 4 aromatic rings. The van der Waals surface area contributed by atoms with Crippen LogP contribution in [0.1, 0.15) is 24.5 Å². The van der Waals surface area contributed by atoms with Crippen LogP contribution < -0.4 is 9.47 Å². The summed E-state index contributed by atoms with van der Waals surface area (Å²) in [5.74, 6) is 0.648. The Morgan fingerprint density at radius 2 is 1.85 bits per heavy atom. The Labute approximate surface area is 197 Å². The Morgan fingerprint density at radius 1 is 1.03 bits per heavy atom. The Hall–Kier alpha value is -4.24. The van der Waals surface area contributed by atoms with Gasteiger partial charge in [-0.2, -0.15) is 0 Å². The maximum absolute atomic E-state index is 14.8. The number of benzene rings is 3. The first kappa shape index (κ1) is 22.9. The fourth-order valence-electron chi connectivity index (χ4n) is 3.60. The zero-order chi connectivity index (χ0) is 23.9. The van der Waals surface area contributed by atoms with E-state index in [1.807, 2.05) is 37.3 Å². The highest BCUT2D eigenvalue weighted by Gasteiger charge is 2.14. The third kappa shape index (κ3) is 5.38. The van der Waals surface area contributed by atoms with Gasteiger partial charge in [0.15, 0.2) is 0 Å². The Kier molecular flexibility index (Phi) is 7.14. The van der Waals surface area contributed by atoms with Crippen molar-refractivity contribution in [3.8, 4) is 17.2 Å². The molecular weight excluding hydrogens is 431 g/mol. The molecule has 1 aromatic heterocycles. The molecule has 5 nitrogen and oxygen atoms in total. The zero-order valence-corrected chi connectivity index (χ0v) is 18.8. The van der Waals surface area contributed by atoms with Crippen LogP contribution in [0.4, 0.5) is 10.1 Å². The van der Waals surface area contributed by atoms with Crippen LogP contribution >= 0.6 is 0 Å². The maximum atomic E-state index is 14.8. The van der Waals surface area contributed by atoms with E-state index < -0.39 is 5.82 Å². The molecule has 0 saturated carbocycles. The Balaban J connectivity index is 1.53. The van der Waals surface area contributed by atoms with E-state index in [1.165, 1.54) is 6.07 Å². The molecule has 0 atom stereocenters. The number of ketones is 1. The molecule has 0 amide bonds. The lowest BCUT2D eigenvalue weighted by Crippen LogP contribution is -2.08. The molecule has 0 fully saturated rings. The molecular formula is C28H23FN2O3.